The maximum Gasteiger partial charge on any atom is 0.0923 e. The third-order valence-electron chi connectivity index (χ3n) is 4.79. The molecule has 1 aromatic rings. The van der Waals surface area contributed by atoms with Crippen molar-refractivity contribution in [3.05, 3.63) is 18.2 Å². The summed E-state index contributed by atoms with van der Waals surface area (Å²) in [6, 6.07) is 0. The maximum atomic E-state index is 5.76. The van der Waals surface area contributed by atoms with E-state index in [1.807, 2.05) is 6.20 Å². The normalized spacial score (nSPS) is 30.1. The molecule has 0 spiro atoms. The van der Waals surface area contributed by atoms with Crippen molar-refractivity contribution in [1.29, 1.82) is 0 Å². The number of H-pyrrole nitrogens is 1. The van der Waals surface area contributed by atoms with Crippen molar-refractivity contribution in [2.45, 2.75) is 44.9 Å². The number of ether oxygens (including phenoxy) is 1. The lowest BCUT2D eigenvalue weighted by atomic mass is 9.87. The molecule has 0 amide bonds. The minimum atomic E-state index is 0.883. The Kier molecular flexibility index (Phi) is 3.99. The molecule has 1 heterocycles. The monoisotopic (exact) mass is 248 g/mol. The average Bonchev–Trinajstić information content (AvgIpc) is 3.10. The van der Waals surface area contributed by atoms with Crippen LogP contribution in [0.5, 0.6) is 0 Å². The van der Waals surface area contributed by atoms with Crippen LogP contribution in [-0.4, -0.2) is 23.2 Å². The number of aromatic nitrogens is 2. The highest BCUT2D eigenvalue weighted by atomic mass is 16.5. The van der Waals surface area contributed by atoms with Gasteiger partial charge in [0.1, 0.15) is 0 Å². The lowest BCUT2D eigenvalue weighted by Gasteiger charge is -2.21. The summed E-state index contributed by atoms with van der Waals surface area (Å²) in [6.45, 7) is 1.85. The van der Waals surface area contributed by atoms with Gasteiger partial charge in [0.05, 0.1) is 12.0 Å². The van der Waals surface area contributed by atoms with Crippen LogP contribution in [0.15, 0.2) is 12.5 Å². The second kappa shape index (κ2) is 5.87. The molecule has 1 aromatic heterocycles. The SMILES string of the molecule is c1nc(CCCOCCC2CC3CCC2C3)c[nH]1. The van der Waals surface area contributed by atoms with Gasteiger partial charge in [0.2, 0.25) is 0 Å². The van der Waals surface area contributed by atoms with Crippen LogP contribution in [0.2, 0.25) is 0 Å². The number of aromatic amines is 1. The van der Waals surface area contributed by atoms with E-state index in [0.29, 0.717) is 0 Å². The van der Waals surface area contributed by atoms with E-state index < -0.39 is 0 Å². The summed E-state index contributed by atoms with van der Waals surface area (Å²) >= 11 is 0. The van der Waals surface area contributed by atoms with Crippen LogP contribution in [0.3, 0.4) is 0 Å². The fraction of sp³-hybridized carbons (Fsp3) is 0.800. The largest absolute Gasteiger partial charge is 0.381 e. The number of hydrogen-bond donors (Lipinski definition) is 1. The number of aryl methyl sites for hydroxylation is 1. The number of hydrogen-bond acceptors (Lipinski definition) is 2. The second-order valence-electron chi connectivity index (χ2n) is 6.00. The molecule has 2 aliphatic rings. The van der Waals surface area contributed by atoms with Gasteiger partial charge in [0.15, 0.2) is 0 Å². The van der Waals surface area contributed by atoms with Crippen molar-refractivity contribution < 1.29 is 4.74 Å². The van der Waals surface area contributed by atoms with Crippen molar-refractivity contribution in [3.63, 3.8) is 0 Å². The van der Waals surface area contributed by atoms with E-state index in [1.165, 1.54) is 32.1 Å². The smallest absolute Gasteiger partial charge is 0.0923 e. The molecule has 2 aliphatic carbocycles. The Morgan fingerprint density at radius 2 is 2.28 bits per heavy atom. The topological polar surface area (TPSA) is 37.9 Å². The van der Waals surface area contributed by atoms with Gasteiger partial charge < -0.3 is 9.72 Å². The molecule has 2 fully saturated rings. The summed E-state index contributed by atoms with van der Waals surface area (Å²) in [5.41, 5.74) is 1.15. The Balaban J connectivity index is 1.23. The lowest BCUT2D eigenvalue weighted by molar-refractivity contribution is 0.109. The molecular formula is C15H24N2O. The summed E-state index contributed by atoms with van der Waals surface area (Å²) in [5.74, 6) is 3.09. The van der Waals surface area contributed by atoms with Crippen molar-refractivity contribution >= 4 is 0 Å². The molecule has 3 unspecified atom stereocenters. The first-order valence-electron chi connectivity index (χ1n) is 7.47. The Morgan fingerprint density at radius 3 is 3.00 bits per heavy atom. The highest BCUT2D eigenvalue weighted by molar-refractivity contribution is 4.93. The van der Waals surface area contributed by atoms with Gasteiger partial charge >= 0.3 is 0 Å². The molecule has 0 aromatic carbocycles. The van der Waals surface area contributed by atoms with Crippen molar-refractivity contribution in [2.24, 2.45) is 17.8 Å². The first-order chi connectivity index (χ1) is 8.92. The Bertz CT molecular complexity index is 349. The summed E-state index contributed by atoms with van der Waals surface area (Å²) in [6.07, 6.45) is 13.1. The van der Waals surface area contributed by atoms with Crippen molar-refractivity contribution in [2.75, 3.05) is 13.2 Å². The van der Waals surface area contributed by atoms with Crippen LogP contribution >= 0.6 is 0 Å². The van der Waals surface area contributed by atoms with Gasteiger partial charge in [0.25, 0.3) is 0 Å². The molecule has 0 aliphatic heterocycles. The van der Waals surface area contributed by atoms with Gasteiger partial charge in [-0.2, -0.15) is 0 Å². The van der Waals surface area contributed by atoms with Crippen molar-refractivity contribution in [3.8, 4) is 0 Å². The van der Waals surface area contributed by atoms with Gasteiger partial charge in [-0.1, -0.05) is 6.42 Å². The zero-order chi connectivity index (χ0) is 12.2. The summed E-state index contributed by atoms with van der Waals surface area (Å²) in [4.78, 5) is 7.19. The fourth-order valence-electron chi connectivity index (χ4n) is 3.85. The maximum absolute atomic E-state index is 5.76. The molecule has 3 rings (SSSR count). The first kappa shape index (κ1) is 12.2. The summed E-state index contributed by atoms with van der Waals surface area (Å²) in [5, 5.41) is 0. The number of fused-ring (bicyclic) bond motifs is 2. The summed E-state index contributed by atoms with van der Waals surface area (Å²) < 4.78 is 5.76. The molecule has 0 radical (unpaired) electrons. The molecule has 2 bridgehead atoms. The predicted octanol–water partition coefficient (Wildman–Crippen LogP) is 3.19. The van der Waals surface area contributed by atoms with E-state index in [-0.39, 0.29) is 0 Å². The van der Waals surface area contributed by atoms with Gasteiger partial charge in [0, 0.05) is 19.4 Å². The van der Waals surface area contributed by atoms with Gasteiger partial charge in [-0.05, 0) is 56.3 Å². The zero-order valence-electron chi connectivity index (χ0n) is 11.1. The number of nitrogens with zero attached hydrogens (tertiary/aromatic N) is 1. The quantitative estimate of drug-likeness (QED) is 0.753. The molecule has 18 heavy (non-hydrogen) atoms. The van der Waals surface area contributed by atoms with Crippen LogP contribution in [0, 0.1) is 17.8 Å². The zero-order valence-corrected chi connectivity index (χ0v) is 11.1. The fourth-order valence-corrected chi connectivity index (χ4v) is 3.85. The third kappa shape index (κ3) is 2.94. The van der Waals surface area contributed by atoms with E-state index >= 15 is 0 Å². The van der Waals surface area contributed by atoms with Crippen molar-refractivity contribution in [1.82, 2.24) is 9.97 Å². The van der Waals surface area contributed by atoms with Gasteiger partial charge in [-0.25, -0.2) is 4.98 Å². The molecule has 3 nitrogen and oxygen atoms in total. The van der Waals surface area contributed by atoms with Crippen LogP contribution in [-0.2, 0) is 11.2 Å². The molecule has 2 saturated carbocycles. The van der Waals surface area contributed by atoms with E-state index in [4.69, 9.17) is 4.74 Å². The van der Waals surface area contributed by atoms with Crippen LogP contribution in [0.4, 0.5) is 0 Å². The Hall–Kier alpha value is -0.830. The van der Waals surface area contributed by atoms with E-state index in [9.17, 15) is 0 Å². The Labute approximate surface area is 109 Å². The second-order valence-corrected chi connectivity index (χ2v) is 6.00. The van der Waals surface area contributed by atoms with E-state index in [0.717, 1.165) is 49.5 Å². The summed E-state index contributed by atoms with van der Waals surface area (Å²) in [7, 11) is 0. The number of nitrogens with one attached hydrogen (secondary N) is 1. The first-order valence-corrected chi connectivity index (χ1v) is 7.47. The third-order valence-corrected chi connectivity index (χ3v) is 4.79. The molecule has 3 atom stereocenters. The van der Waals surface area contributed by atoms with E-state index in [1.54, 1.807) is 6.33 Å². The lowest BCUT2D eigenvalue weighted by Crippen LogP contribution is -2.13. The van der Waals surface area contributed by atoms with Crippen LogP contribution < -0.4 is 0 Å². The number of imidazole rings is 1. The standard InChI is InChI=1S/C15H24N2O/c1(2-15-10-16-11-17-15)6-18-7-5-14-9-12-3-4-13(14)8-12/h10-14H,1-9H2,(H,16,17). The van der Waals surface area contributed by atoms with Gasteiger partial charge in [-0.15, -0.1) is 0 Å². The average molecular weight is 248 g/mol. The molecule has 3 heteroatoms. The van der Waals surface area contributed by atoms with Crippen LogP contribution in [0.25, 0.3) is 0 Å². The molecule has 100 valence electrons. The minimum Gasteiger partial charge on any atom is -0.381 e. The highest BCUT2D eigenvalue weighted by Gasteiger charge is 2.38. The van der Waals surface area contributed by atoms with Crippen LogP contribution in [0.1, 0.15) is 44.2 Å². The highest BCUT2D eigenvalue weighted by Crippen LogP contribution is 2.49. The predicted molar refractivity (Wildman–Crippen MR) is 71.3 cm³/mol. The molecule has 1 N–H and O–H groups in total. The minimum absolute atomic E-state index is 0.883. The number of rotatable bonds is 7. The van der Waals surface area contributed by atoms with Gasteiger partial charge in [-0.3, -0.25) is 0 Å². The molecule has 0 saturated heterocycles. The van der Waals surface area contributed by atoms with E-state index in [2.05, 4.69) is 9.97 Å². The Morgan fingerprint density at radius 1 is 1.28 bits per heavy atom. The molecular weight excluding hydrogens is 224 g/mol.